The molecule has 0 amide bonds. The molecule has 5 heteroatoms. The van der Waals surface area contributed by atoms with Gasteiger partial charge in [0.15, 0.2) is 0 Å². The third-order valence-corrected chi connectivity index (χ3v) is 2.99. The normalized spacial score (nSPS) is 12.4. The number of aryl methyl sites for hydroxylation is 1. The van der Waals surface area contributed by atoms with E-state index in [-0.39, 0.29) is 0 Å². The molecule has 1 aromatic carbocycles. The second kappa shape index (κ2) is 6.33. The van der Waals surface area contributed by atoms with E-state index in [1.165, 1.54) is 0 Å². The predicted octanol–water partition coefficient (Wildman–Crippen LogP) is 2.08. The minimum Gasteiger partial charge on any atom is -0.494 e. The third-order valence-electron chi connectivity index (χ3n) is 2.99. The molecule has 1 aromatic heterocycles. The lowest BCUT2D eigenvalue weighted by Gasteiger charge is -2.11. The first kappa shape index (κ1) is 13.5. The van der Waals surface area contributed by atoms with Crippen LogP contribution in [0.1, 0.15) is 37.1 Å². The van der Waals surface area contributed by atoms with E-state index in [4.69, 9.17) is 4.74 Å². The molecule has 0 bridgehead atoms. The molecule has 0 aliphatic rings. The quantitative estimate of drug-likeness (QED) is 0.809. The Bertz CT molecular complexity index is 508. The van der Waals surface area contributed by atoms with E-state index in [1.807, 2.05) is 24.3 Å². The van der Waals surface area contributed by atoms with Crippen molar-refractivity contribution in [1.82, 2.24) is 15.0 Å². The molecule has 0 saturated heterocycles. The van der Waals surface area contributed by atoms with Crippen LogP contribution < -0.4 is 4.74 Å². The Hall–Kier alpha value is -1.88. The number of hydrogen-bond acceptors (Lipinski definition) is 4. The molecule has 1 atom stereocenters. The Morgan fingerprint density at radius 2 is 2.05 bits per heavy atom. The van der Waals surface area contributed by atoms with E-state index in [0.29, 0.717) is 5.69 Å². The van der Waals surface area contributed by atoms with Crippen molar-refractivity contribution in [2.45, 2.75) is 25.9 Å². The molecule has 0 fully saturated rings. The second-order valence-electron chi connectivity index (χ2n) is 4.46. The number of benzene rings is 1. The van der Waals surface area contributed by atoms with Crippen LogP contribution in [0.4, 0.5) is 0 Å². The zero-order chi connectivity index (χ0) is 13.7. The van der Waals surface area contributed by atoms with E-state index in [0.717, 1.165) is 30.8 Å². The molecule has 0 saturated carbocycles. The van der Waals surface area contributed by atoms with Crippen molar-refractivity contribution < 1.29 is 9.84 Å². The average Bonchev–Trinajstić information content (AvgIpc) is 2.85. The summed E-state index contributed by atoms with van der Waals surface area (Å²) in [6.45, 7) is 2.86. The molecule has 1 N–H and O–H groups in total. The van der Waals surface area contributed by atoms with Gasteiger partial charge in [0.25, 0.3) is 0 Å². The van der Waals surface area contributed by atoms with Crippen LogP contribution >= 0.6 is 0 Å². The van der Waals surface area contributed by atoms with Crippen molar-refractivity contribution in [3.8, 4) is 5.75 Å². The van der Waals surface area contributed by atoms with Gasteiger partial charge in [-0.05, 0) is 24.1 Å². The summed E-state index contributed by atoms with van der Waals surface area (Å²) in [4.78, 5) is 0. The standard InChI is InChI=1S/C14H19N3O2/c1-3-4-9-19-12-7-5-11(6-8-12)14(18)13-10-15-16-17(13)2/h5-8,10,14,18H,3-4,9H2,1-2H3. The number of ether oxygens (including phenoxy) is 1. The van der Waals surface area contributed by atoms with Gasteiger partial charge in [0.1, 0.15) is 11.9 Å². The molecule has 1 heterocycles. The lowest BCUT2D eigenvalue weighted by atomic mass is 10.1. The summed E-state index contributed by atoms with van der Waals surface area (Å²) in [6, 6.07) is 7.47. The van der Waals surface area contributed by atoms with Crippen LogP contribution in [0, 0.1) is 0 Å². The van der Waals surface area contributed by atoms with Gasteiger partial charge in [0.2, 0.25) is 0 Å². The molecule has 1 unspecified atom stereocenters. The van der Waals surface area contributed by atoms with Gasteiger partial charge in [-0.2, -0.15) is 0 Å². The van der Waals surface area contributed by atoms with Crippen LogP contribution in [-0.4, -0.2) is 26.7 Å². The summed E-state index contributed by atoms with van der Waals surface area (Å²) in [5, 5.41) is 17.8. The predicted molar refractivity (Wildman–Crippen MR) is 71.9 cm³/mol. The van der Waals surface area contributed by atoms with Gasteiger partial charge in [-0.1, -0.05) is 30.7 Å². The number of aliphatic hydroxyl groups is 1. The van der Waals surface area contributed by atoms with Crippen molar-refractivity contribution in [3.63, 3.8) is 0 Å². The lowest BCUT2D eigenvalue weighted by molar-refractivity contribution is 0.209. The van der Waals surface area contributed by atoms with Crippen molar-refractivity contribution in [3.05, 3.63) is 41.7 Å². The first-order chi connectivity index (χ1) is 9.22. The van der Waals surface area contributed by atoms with Gasteiger partial charge in [-0.3, -0.25) is 0 Å². The third kappa shape index (κ3) is 3.32. The fraction of sp³-hybridized carbons (Fsp3) is 0.429. The SMILES string of the molecule is CCCCOc1ccc(C(O)c2cnnn2C)cc1. The van der Waals surface area contributed by atoms with Gasteiger partial charge in [-0.15, -0.1) is 5.10 Å². The minimum absolute atomic E-state index is 0.666. The maximum absolute atomic E-state index is 10.2. The molecular weight excluding hydrogens is 242 g/mol. The molecule has 0 aliphatic heterocycles. The average molecular weight is 261 g/mol. The van der Waals surface area contributed by atoms with E-state index in [1.54, 1.807) is 17.9 Å². The van der Waals surface area contributed by atoms with Gasteiger partial charge in [-0.25, -0.2) is 4.68 Å². The fourth-order valence-electron chi connectivity index (χ4n) is 1.80. The van der Waals surface area contributed by atoms with Crippen molar-refractivity contribution in [2.24, 2.45) is 7.05 Å². The summed E-state index contributed by atoms with van der Waals surface area (Å²) < 4.78 is 7.15. The molecule has 0 aliphatic carbocycles. The van der Waals surface area contributed by atoms with Gasteiger partial charge in [0, 0.05) is 7.05 Å². The Balaban J connectivity index is 2.04. The van der Waals surface area contributed by atoms with Crippen LogP contribution in [-0.2, 0) is 7.05 Å². The molecule has 102 valence electrons. The van der Waals surface area contributed by atoms with Gasteiger partial charge >= 0.3 is 0 Å². The van der Waals surface area contributed by atoms with E-state index >= 15 is 0 Å². The first-order valence-electron chi connectivity index (χ1n) is 6.47. The topological polar surface area (TPSA) is 60.2 Å². The molecule has 19 heavy (non-hydrogen) atoms. The minimum atomic E-state index is -0.718. The number of aromatic nitrogens is 3. The van der Waals surface area contributed by atoms with Gasteiger partial charge < -0.3 is 9.84 Å². The highest BCUT2D eigenvalue weighted by Crippen LogP contribution is 2.22. The van der Waals surface area contributed by atoms with Crippen molar-refractivity contribution in [1.29, 1.82) is 0 Å². The first-order valence-corrected chi connectivity index (χ1v) is 6.47. The zero-order valence-electron chi connectivity index (χ0n) is 11.3. The smallest absolute Gasteiger partial charge is 0.122 e. The number of aliphatic hydroxyl groups excluding tert-OH is 1. The summed E-state index contributed by atoms with van der Waals surface area (Å²) in [5.74, 6) is 0.826. The second-order valence-corrected chi connectivity index (χ2v) is 4.46. The zero-order valence-corrected chi connectivity index (χ0v) is 11.3. The number of rotatable bonds is 6. The van der Waals surface area contributed by atoms with Crippen LogP contribution in [0.5, 0.6) is 5.75 Å². The Labute approximate surface area is 112 Å². The fourth-order valence-corrected chi connectivity index (χ4v) is 1.80. The number of nitrogens with zero attached hydrogens (tertiary/aromatic N) is 3. The molecular formula is C14H19N3O2. The van der Waals surface area contributed by atoms with Crippen molar-refractivity contribution in [2.75, 3.05) is 6.61 Å². The van der Waals surface area contributed by atoms with Crippen molar-refractivity contribution >= 4 is 0 Å². The molecule has 5 nitrogen and oxygen atoms in total. The number of hydrogen-bond donors (Lipinski definition) is 1. The lowest BCUT2D eigenvalue weighted by Crippen LogP contribution is -2.06. The summed E-state index contributed by atoms with van der Waals surface area (Å²) >= 11 is 0. The van der Waals surface area contributed by atoms with E-state index in [9.17, 15) is 5.11 Å². The van der Waals surface area contributed by atoms with Crippen LogP contribution in [0.15, 0.2) is 30.5 Å². The van der Waals surface area contributed by atoms with E-state index < -0.39 is 6.10 Å². The molecule has 2 aromatic rings. The van der Waals surface area contributed by atoms with Crippen LogP contribution in [0.2, 0.25) is 0 Å². The van der Waals surface area contributed by atoms with Gasteiger partial charge in [0.05, 0.1) is 18.5 Å². The largest absolute Gasteiger partial charge is 0.494 e. The Morgan fingerprint density at radius 1 is 1.32 bits per heavy atom. The summed E-state index contributed by atoms with van der Waals surface area (Å²) in [5.41, 5.74) is 1.47. The maximum Gasteiger partial charge on any atom is 0.122 e. The highest BCUT2D eigenvalue weighted by atomic mass is 16.5. The highest BCUT2D eigenvalue weighted by molar-refractivity contribution is 5.31. The van der Waals surface area contributed by atoms with E-state index in [2.05, 4.69) is 17.2 Å². The Kier molecular flexibility index (Phi) is 4.52. The maximum atomic E-state index is 10.2. The summed E-state index contributed by atoms with van der Waals surface area (Å²) in [6.07, 6.45) is 3.01. The summed E-state index contributed by atoms with van der Waals surface area (Å²) in [7, 11) is 1.76. The Morgan fingerprint density at radius 3 is 2.63 bits per heavy atom. The van der Waals surface area contributed by atoms with Crippen LogP contribution in [0.3, 0.4) is 0 Å². The number of unbranched alkanes of at least 4 members (excludes halogenated alkanes) is 1. The van der Waals surface area contributed by atoms with Crippen LogP contribution in [0.25, 0.3) is 0 Å². The monoisotopic (exact) mass is 261 g/mol. The molecule has 0 spiro atoms. The molecule has 0 radical (unpaired) electrons. The molecule has 2 rings (SSSR count). The highest BCUT2D eigenvalue weighted by Gasteiger charge is 2.14.